The highest BCUT2D eigenvalue weighted by Crippen LogP contribution is 2.48. The van der Waals surface area contributed by atoms with Crippen LogP contribution in [0.5, 0.6) is 0 Å². The van der Waals surface area contributed by atoms with Crippen LogP contribution in [0, 0.1) is 0 Å². The molecule has 2 aliphatic rings. The predicted molar refractivity (Wildman–Crippen MR) is 174 cm³/mol. The largest absolute Gasteiger partial charge is 0.300 e. The van der Waals surface area contributed by atoms with Crippen LogP contribution < -0.4 is 0 Å². The Kier molecular flexibility index (Phi) is 8.86. The lowest BCUT2D eigenvalue weighted by Crippen LogP contribution is -2.19. The summed E-state index contributed by atoms with van der Waals surface area (Å²) in [4.78, 5) is 13.6. The van der Waals surface area contributed by atoms with Gasteiger partial charge in [0.25, 0.3) is 0 Å². The van der Waals surface area contributed by atoms with Crippen molar-refractivity contribution in [3.63, 3.8) is 0 Å². The number of benzene rings is 2. The number of hydrogen-bond donors (Lipinski definition) is 0. The molecule has 220 valence electrons. The molecule has 0 fully saturated rings. The lowest BCUT2D eigenvalue weighted by molar-refractivity contribution is -0.119. The second-order valence-corrected chi connectivity index (χ2v) is 15.7. The van der Waals surface area contributed by atoms with Gasteiger partial charge in [0.05, 0.1) is 0 Å². The SMILES string of the molecule is CC(C)c1cc(C(C)C)c2c(c1CCC(=O)CCc1c(C(C)C)cc(C(C)C)c3c1C(C)(C)CC3)C(C)(C)CC2. The fraction of sp³-hybridized carbons (Fsp3) is 0.667. The zero-order chi connectivity index (χ0) is 29.7. The predicted octanol–water partition coefficient (Wildman–Crippen LogP) is 10.8. The van der Waals surface area contributed by atoms with Crippen molar-refractivity contribution in [3.8, 4) is 0 Å². The summed E-state index contributed by atoms with van der Waals surface area (Å²) in [7, 11) is 0. The van der Waals surface area contributed by atoms with E-state index in [9.17, 15) is 4.79 Å². The van der Waals surface area contributed by atoms with Gasteiger partial charge in [-0.2, -0.15) is 0 Å². The Bertz CT molecular complexity index is 1170. The smallest absolute Gasteiger partial charge is 0.133 e. The van der Waals surface area contributed by atoms with Crippen molar-refractivity contribution in [2.75, 3.05) is 0 Å². The van der Waals surface area contributed by atoms with Gasteiger partial charge in [0, 0.05) is 12.8 Å². The standard InChI is InChI=1S/C39H58O/c1-23(2)32-21-34(25(5)6)30-17-19-38(9,10)36(30)28(32)15-13-27(40)14-16-29-33(24(3)4)22-35(26(7)8)31-18-20-39(11,12)37(29)31/h21-26H,13-20H2,1-12H3. The molecule has 0 saturated carbocycles. The Morgan fingerprint density at radius 2 is 0.925 bits per heavy atom. The van der Waals surface area contributed by atoms with Gasteiger partial charge in [-0.1, -0.05) is 95.2 Å². The molecule has 0 radical (unpaired) electrons. The molecule has 0 aliphatic heterocycles. The van der Waals surface area contributed by atoms with Gasteiger partial charge in [0.2, 0.25) is 0 Å². The van der Waals surface area contributed by atoms with Crippen LogP contribution in [-0.4, -0.2) is 5.78 Å². The molecule has 0 saturated heterocycles. The molecule has 0 heterocycles. The molecule has 0 atom stereocenters. The summed E-state index contributed by atoms with van der Waals surface area (Å²) < 4.78 is 0. The molecule has 0 bridgehead atoms. The third kappa shape index (κ3) is 5.73. The molecule has 0 spiro atoms. The van der Waals surface area contributed by atoms with E-state index < -0.39 is 0 Å². The van der Waals surface area contributed by atoms with Gasteiger partial charge in [-0.25, -0.2) is 0 Å². The fourth-order valence-corrected chi connectivity index (χ4v) is 8.18. The van der Waals surface area contributed by atoms with Gasteiger partial charge in [-0.05, 0) is 129 Å². The first kappa shape index (κ1) is 31.1. The number of Topliss-reactive ketones (excluding diaryl/α,β-unsaturated/α-hetero) is 1. The van der Waals surface area contributed by atoms with Gasteiger partial charge >= 0.3 is 0 Å². The van der Waals surface area contributed by atoms with Gasteiger partial charge in [0.1, 0.15) is 5.78 Å². The first-order chi connectivity index (χ1) is 18.6. The van der Waals surface area contributed by atoms with Crippen LogP contribution in [-0.2, 0) is 41.3 Å². The van der Waals surface area contributed by atoms with Crippen LogP contribution in [0.1, 0.15) is 188 Å². The summed E-state index contributed by atoms with van der Waals surface area (Å²) in [5, 5.41) is 0. The Labute approximate surface area is 246 Å². The Morgan fingerprint density at radius 1 is 0.600 bits per heavy atom. The minimum Gasteiger partial charge on any atom is -0.300 e. The quantitative estimate of drug-likeness (QED) is 0.292. The van der Waals surface area contributed by atoms with Crippen LogP contribution in [0.15, 0.2) is 12.1 Å². The zero-order valence-electron chi connectivity index (χ0n) is 28.0. The Hall–Kier alpha value is -1.89. The first-order valence-electron chi connectivity index (χ1n) is 16.5. The van der Waals surface area contributed by atoms with E-state index in [0.717, 1.165) is 12.8 Å². The van der Waals surface area contributed by atoms with E-state index in [1.165, 1.54) is 47.9 Å². The van der Waals surface area contributed by atoms with E-state index in [-0.39, 0.29) is 10.8 Å². The van der Waals surface area contributed by atoms with E-state index >= 15 is 0 Å². The van der Waals surface area contributed by atoms with Crippen molar-refractivity contribution >= 4 is 5.78 Å². The molecular formula is C39H58O. The average molecular weight is 543 g/mol. The Balaban J connectivity index is 1.63. The second-order valence-electron chi connectivity index (χ2n) is 15.7. The molecule has 0 N–H and O–H groups in total. The molecule has 4 rings (SSSR count). The van der Waals surface area contributed by atoms with Crippen LogP contribution in [0.2, 0.25) is 0 Å². The number of fused-ring (bicyclic) bond motifs is 2. The number of carbonyl (C=O) groups is 1. The molecule has 2 aromatic rings. The first-order valence-corrected chi connectivity index (χ1v) is 16.5. The molecular weight excluding hydrogens is 484 g/mol. The summed E-state index contributed by atoms with van der Waals surface area (Å²) in [5.74, 6) is 2.46. The van der Waals surface area contributed by atoms with E-state index in [0.29, 0.717) is 42.3 Å². The average Bonchev–Trinajstić information content (AvgIpc) is 3.35. The van der Waals surface area contributed by atoms with Crippen molar-refractivity contribution in [1.29, 1.82) is 0 Å². The van der Waals surface area contributed by atoms with E-state index in [4.69, 9.17) is 0 Å². The van der Waals surface area contributed by atoms with Crippen molar-refractivity contribution in [2.45, 2.75) is 169 Å². The van der Waals surface area contributed by atoms with Crippen LogP contribution in [0.25, 0.3) is 0 Å². The number of hydrogen-bond acceptors (Lipinski definition) is 1. The third-order valence-electron chi connectivity index (χ3n) is 10.4. The van der Waals surface area contributed by atoms with Crippen LogP contribution in [0.3, 0.4) is 0 Å². The van der Waals surface area contributed by atoms with Crippen molar-refractivity contribution < 1.29 is 4.79 Å². The van der Waals surface area contributed by atoms with Crippen molar-refractivity contribution in [1.82, 2.24) is 0 Å². The monoisotopic (exact) mass is 542 g/mol. The summed E-state index contributed by atoms with van der Waals surface area (Å²) in [6.45, 7) is 28.4. The molecule has 0 aromatic heterocycles. The van der Waals surface area contributed by atoms with Gasteiger partial charge in [0.15, 0.2) is 0 Å². The van der Waals surface area contributed by atoms with Gasteiger partial charge < -0.3 is 0 Å². The summed E-state index contributed by atoms with van der Waals surface area (Å²) in [6.07, 6.45) is 7.91. The normalized spacial score (nSPS) is 17.4. The zero-order valence-corrected chi connectivity index (χ0v) is 28.0. The highest BCUT2D eigenvalue weighted by Gasteiger charge is 2.37. The molecule has 0 unspecified atom stereocenters. The molecule has 2 aromatic carbocycles. The summed E-state index contributed by atoms with van der Waals surface area (Å²) in [6, 6.07) is 5.01. The fourth-order valence-electron chi connectivity index (χ4n) is 8.18. The summed E-state index contributed by atoms with van der Waals surface area (Å²) >= 11 is 0. The highest BCUT2D eigenvalue weighted by atomic mass is 16.1. The lowest BCUT2D eigenvalue weighted by Gasteiger charge is -2.29. The maximum Gasteiger partial charge on any atom is 0.133 e. The van der Waals surface area contributed by atoms with Crippen molar-refractivity contribution in [2.24, 2.45) is 0 Å². The van der Waals surface area contributed by atoms with Crippen LogP contribution >= 0.6 is 0 Å². The number of ketones is 1. The molecule has 0 amide bonds. The van der Waals surface area contributed by atoms with E-state index in [2.05, 4.69) is 95.2 Å². The van der Waals surface area contributed by atoms with Gasteiger partial charge in [-0.3, -0.25) is 4.79 Å². The minimum absolute atomic E-state index is 0.193. The molecule has 1 heteroatoms. The van der Waals surface area contributed by atoms with Crippen molar-refractivity contribution in [3.05, 3.63) is 67.8 Å². The Morgan fingerprint density at radius 3 is 1.23 bits per heavy atom. The minimum atomic E-state index is 0.193. The topological polar surface area (TPSA) is 17.1 Å². The highest BCUT2D eigenvalue weighted by molar-refractivity contribution is 5.79. The molecule has 40 heavy (non-hydrogen) atoms. The van der Waals surface area contributed by atoms with Crippen LogP contribution in [0.4, 0.5) is 0 Å². The van der Waals surface area contributed by atoms with E-state index in [1.54, 1.807) is 33.4 Å². The van der Waals surface area contributed by atoms with Gasteiger partial charge in [-0.15, -0.1) is 0 Å². The maximum atomic E-state index is 13.6. The third-order valence-corrected chi connectivity index (χ3v) is 10.4. The number of rotatable bonds is 10. The number of carbonyl (C=O) groups excluding carboxylic acids is 1. The molecule has 1 nitrogen and oxygen atoms in total. The second kappa shape index (κ2) is 11.4. The van der Waals surface area contributed by atoms with E-state index in [1.807, 2.05) is 0 Å². The lowest BCUT2D eigenvalue weighted by atomic mass is 9.76. The maximum absolute atomic E-state index is 13.6. The molecule has 2 aliphatic carbocycles. The summed E-state index contributed by atoms with van der Waals surface area (Å²) in [5.41, 5.74) is 15.8.